The number of halogens is 1. The van der Waals surface area contributed by atoms with Crippen LogP contribution in [0.15, 0.2) is 46.9 Å². The summed E-state index contributed by atoms with van der Waals surface area (Å²) in [6.07, 6.45) is 0.123. The molecule has 2 N–H and O–H groups in total. The highest BCUT2D eigenvalue weighted by molar-refractivity contribution is 7.12. The van der Waals surface area contributed by atoms with Gasteiger partial charge in [0.1, 0.15) is 0 Å². The first-order valence-corrected chi connectivity index (χ1v) is 8.18. The molecule has 0 fully saturated rings. The number of nitrogens with one attached hydrogen (secondary N) is 2. The van der Waals surface area contributed by atoms with Gasteiger partial charge in [-0.2, -0.15) is 5.10 Å². The topological polar surface area (TPSA) is 70.6 Å². The van der Waals surface area contributed by atoms with Crippen molar-refractivity contribution in [1.82, 2.24) is 10.7 Å². The van der Waals surface area contributed by atoms with Crippen molar-refractivity contribution in [2.24, 2.45) is 5.10 Å². The molecule has 0 radical (unpaired) electrons. The molecule has 0 atom stereocenters. The summed E-state index contributed by atoms with van der Waals surface area (Å²) in [5.74, 6) is -0.438. The fourth-order valence-electron chi connectivity index (χ4n) is 1.75. The predicted octanol–water partition coefficient (Wildman–Crippen LogP) is 3.21. The molecule has 0 bridgehead atoms. The first-order valence-electron chi connectivity index (χ1n) is 6.93. The van der Waals surface area contributed by atoms with Crippen molar-refractivity contribution in [2.45, 2.75) is 19.9 Å². The molecule has 0 saturated heterocycles. The Balaban J connectivity index is 1.76. The van der Waals surface area contributed by atoms with Crippen LogP contribution in [0.1, 0.15) is 28.6 Å². The first kappa shape index (κ1) is 17.2. The van der Waals surface area contributed by atoms with Crippen LogP contribution in [0, 0.1) is 0 Å². The second-order valence-corrected chi connectivity index (χ2v) is 6.23. The Morgan fingerprint density at radius 1 is 1.22 bits per heavy atom. The fraction of sp³-hybridized carbons (Fsp3) is 0.188. The number of hydrogen-bond acceptors (Lipinski definition) is 4. The van der Waals surface area contributed by atoms with Gasteiger partial charge < -0.3 is 5.32 Å². The lowest BCUT2D eigenvalue weighted by Crippen LogP contribution is -2.26. The highest BCUT2D eigenvalue weighted by Gasteiger charge is 2.07. The molecule has 0 unspecified atom stereocenters. The average molecular weight is 350 g/mol. The van der Waals surface area contributed by atoms with E-state index in [-0.39, 0.29) is 18.2 Å². The first-order chi connectivity index (χ1) is 11.0. The van der Waals surface area contributed by atoms with E-state index in [4.69, 9.17) is 11.6 Å². The maximum atomic E-state index is 11.8. The van der Waals surface area contributed by atoms with Gasteiger partial charge >= 0.3 is 0 Å². The van der Waals surface area contributed by atoms with E-state index in [0.717, 1.165) is 5.56 Å². The molecule has 2 amide bonds. The number of hydrazone groups is 1. The Bertz CT molecular complexity index is 697. The zero-order valence-electron chi connectivity index (χ0n) is 12.5. The monoisotopic (exact) mass is 349 g/mol. The summed E-state index contributed by atoms with van der Waals surface area (Å²) in [5.41, 5.74) is 3.93. The van der Waals surface area contributed by atoms with Crippen molar-refractivity contribution >= 4 is 40.5 Å². The zero-order chi connectivity index (χ0) is 16.7. The molecule has 0 saturated carbocycles. The van der Waals surface area contributed by atoms with Crippen molar-refractivity contribution in [1.29, 1.82) is 0 Å². The lowest BCUT2D eigenvalue weighted by molar-refractivity contribution is -0.120. The van der Waals surface area contributed by atoms with Crippen molar-refractivity contribution in [3.8, 4) is 0 Å². The zero-order valence-corrected chi connectivity index (χ0v) is 14.1. The van der Waals surface area contributed by atoms with Gasteiger partial charge in [-0.05, 0) is 36.1 Å². The molecule has 7 heteroatoms. The fourth-order valence-corrected chi connectivity index (χ4v) is 2.49. The summed E-state index contributed by atoms with van der Waals surface area (Å²) in [6, 6.07) is 10.8. The number of carbonyl (C=O) groups is 2. The third kappa shape index (κ3) is 5.84. The Morgan fingerprint density at radius 2 is 1.96 bits per heavy atom. The average Bonchev–Trinajstić information content (AvgIpc) is 3.06. The number of thiophene rings is 1. The van der Waals surface area contributed by atoms with Crippen molar-refractivity contribution in [3.05, 3.63) is 57.2 Å². The summed E-state index contributed by atoms with van der Waals surface area (Å²) in [5, 5.41) is 9.20. The maximum Gasteiger partial charge on any atom is 0.281 e. The number of rotatable bonds is 6. The van der Waals surface area contributed by atoms with Gasteiger partial charge in [-0.1, -0.05) is 29.8 Å². The Hall–Kier alpha value is -2.18. The van der Waals surface area contributed by atoms with E-state index in [2.05, 4.69) is 15.8 Å². The smallest absolute Gasteiger partial charge is 0.281 e. The Morgan fingerprint density at radius 3 is 2.61 bits per heavy atom. The standard InChI is InChI=1S/C16H16ClN3O2S/c1-11(19-20-16(22)14-3-2-8-23-14)9-15(21)18-10-12-4-6-13(17)7-5-12/h2-8H,9-10H2,1H3,(H,18,21)(H,20,22)/b19-11-. The minimum Gasteiger partial charge on any atom is -0.352 e. The second kappa shape index (κ2) is 8.45. The molecular weight excluding hydrogens is 334 g/mol. The van der Waals surface area contributed by atoms with Gasteiger partial charge in [-0.15, -0.1) is 11.3 Å². The summed E-state index contributed by atoms with van der Waals surface area (Å²) in [6.45, 7) is 2.11. The van der Waals surface area contributed by atoms with E-state index in [9.17, 15) is 9.59 Å². The number of carbonyl (C=O) groups excluding carboxylic acids is 2. The van der Waals surface area contributed by atoms with E-state index in [1.54, 1.807) is 31.2 Å². The van der Waals surface area contributed by atoms with Crippen molar-refractivity contribution in [2.75, 3.05) is 0 Å². The van der Waals surface area contributed by atoms with E-state index in [0.29, 0.717) is 22.2 Å². The van der Waals surface area contributed by atoms with Crippen LogP contribution in [0.3, 0.4) is 0 Å². The number of nitrogens with zero attached hydrogens (tertiary/aromatic N) is 1. The molecule has 2 rings (SSSR count). The van der Waals surface area contributed by atoms with E-state index >= 15 is 0 Å². The molecule has 0 aliphatic rings. The van der Waals surface area contributed by atoms with Crippen LogP contribution in [0.2, 0.25) is 5.02 Å². The quantitative estimate of drug-likeness (QED) is 0.621. The Kier molecular flexibility index (Phi) is 6.31. The van der Waals surface area contributed by atoms with Crippen LogP contribution < -0.4 is 10.7 Å². The molecular formula is C16H16ClN3O2S. The van der Waals surface area contributed by atoms with Crippen LogP contribution >= 0.6 is 22.9 Å². The molecule has 1 aromatic heterocycles. The third-order valence-electron chi connectivity index (χ3n) is 2.91. The van der Waals surface area contributed by atoms with Gasteiger partial charge in [0.15, 0.2) is 0 Å². The van der Waals surface area contributed by atoms with Crippen molar-refractivity contribution in [3.63, 3.8) is 0 Å². The molecule has 1 heterocycles. The van der Waals surface area contributed by atoms with Crippen LogP contribution in [0.4, 0.5) is 0 Å². The van der Waals surface area contributed by atoms with Gasteiger partial charge in [0, 0.05) is 17.3 Å². The van der Waals surface area contributed by atoms with Gasteiger partial charge in [-0.25, -0.2) is 5.43 Å². The number of amides is 2. The van der Waals surface area contributed by atoms with Crippen LogP contribution in [0.5, 0.6) is 0 Å². The van der Waals surface area contributed by atoms with Crippen LogP contribution in [0.25, 0.3) is 0 Å². The van der Waals surface area contributed by atoms with E-state index in [1.807, 2.05) is 17.5 Å². The van der Waals surface area contributed by atoms with E-state index < -0.39 is 0 Å². The van der Waals surface area contributed by atoms with Gasteiger partial charge in [0.05, 0.1) is 11.3 Å². The number of hydrogen-bond donors (Lipinski definition) is 2. The van der Waals surface area contributed by atoms with Gasteiger partial charge in [0.2, 0.25) is 5.91 Å². The summed E-state index contributed by atoms with van der Waals surface area (Å²) < 4.78 is 0. The van der Waals surface area contributed by atoms with Crippen LogP contribution in [-0.2, 0) is 11.3 Å². The van der Waals surface area contributed by atoms with Gasteiger partial charge in [0.25, 0.3) is 5.91 Å². The molecule has 0 spiro atoms. The van der Waals surface area contributed by atoms with Crippen LogP contribution in [-0.4, -0.2) is 17.5 Å². The van der Waals surface area contributed by atoms with Gasteiger partial charge in [-0.3, -0.25) is 9.59 Å². The Labute approximate surface area is 143 Å². The molecule has 1 aromatic carbocycles. The lowest BCUT2D eigenvalue weighted by atomic mass is 10.2. The SMILES string of the molecule is C/C(CC(=O)NCc1ccc(Cl)cc1)=N/NC(=O)c1cccs1. The predicted molar refractivity (Wildman–Crippen MR) is 92.8 cm³/mol. The summed E-state index contributed by atoms with van der Waals surface area (Å²) in [4.78, 5) is 24.1. The van der Waals surface area contributed by atoms with E-state index in [1.165, 1.54) is 11.3 Å². The molecule has 0 aliphatic heterocycles. The molecule has 120 valence electrons. The largest absolute Gasteiger partial charge is 0.352 e. The summed E-state index contributed by atoms with van der Waals surface area (Å²) >= 11 is 7.14. The second-order valence-electron chi connectivity index (χ2n) is 4.85. The molecule has 0 aliphatic carbocycles. The highest BCUT2D eigenvalue weighted by Crippen LogP contribution is 2.09. The molecule has 2 aromatic rings. The minimum absolute atomic E-state index is 0.123. The summed E-state index contributed by atoms with van der Waals surface area (Å²) in [7, 11) is 0. The number of benzene rings is 1. The lowest BCUT2D eigenvalue weighted by Gasteiger charge is -2.05. The minimum atomic E-state index is -0.277. The highest BCUT2D eigenvalue weighted by atomic mass is 35.5. The normalized spacial score (nSPS) is 11.1. The molecule has 5 nitrogen and oxygen atoms in total. The third-order valence-corrected chi connectivity index (χ3v) is 4.03. The van der Waals surface area contributed by atoms with Crippen molar-refractivity contribution < 1.29 is 9.59 Å². The maximum absolute atomic E-state index is 11.8. The molecule has 23 heavy (non-hydrogen) atoms.